The van der Waals surface area contributed by atoms with Crippen molar-refractivity contribution in [3.8, 4) is 0 Å². The van der Waals surface area contributed by atoms with Crippen molar-refractivity contribution in [1.29, 1.82) is 0 Å². The molecule has 0 radical (unpaired) electrons. The summed E-state index contributed by atoms with van der Waals surface area (Å²) in [6, 6.07) is 4.49. The first-order valence-electron chi connectivity index (χ1n) is 6.03. The molecule has 2 aromatic rings. The molecule has 0 aliphatic rings. The average molecular weight is 287 g/mol. The SMILES string of the molecule is CN(CC(=O)Nc1ccnc(C(=O)O)c1)c1ncccn1. The molecule has 0 unspecified atom stereocenters. The van der Waals surface area contributed by atoms with Crippen LogP contribution in [-0.4, -0.2) is 45.5 Å². The molecule has 8 nitrogen and oxygen atoms in total. The van der Waals surface area contributed by atoms with Crippen LogP contribution in [0.2, 0.25) is 0 Å². The maximum atomic E-state index is 11.9. The molecule has 2 rings (SSSR count). The van der Waals surface area contributed by atoms with Crippen molar-refractivity contribution in [2.45, 2.75) is 0 Å². The molecule has 2 heterocycles. The number of carbonyl (C=O) groups excluding carboxylic acids is 1. The molecule has 21 heavy (non-hydrogen) atoms. The lowest BCUT2D eigenvalue weighted by Gasteiger charge is -2.16. The second-order valence-corrected chi connectivity index (χ2v) is 4.19. The van der Waals surface area contributed by atoms with Gasteiger partial charge in [-0.1, -0.05) is 0 Å². The van der Waals surface area contributed by atoms with E-state index < -0.39 is 5.97 Å². The number of rotatable bonds is 5. The second-order valence-electron chi connectivity index (χ2n) is 4.19. The summed E-state index contributed by atoms with van der Waals surface area (Å²) in [5.41, 5.74) is 0.238. The molecule has 2 aromatic heterocycles. The molecule has 0 bridgehead atoms. The van der Waals surface area contributed by atoms with Crippen LogP contribution in [0.25, 0.3) is 0 Å². The highest BCUT2D eigenvalue weighted by molar-refractivity contribution is 5.95. The zero-order valence-corrected chi connectivity index (χ0v) is 11.2. The first kappa shape index (κ1) is 14.4. The fourth-order valence-corrected chi connectivity index (χ4v) is 1.60. The van der Waals surface area contributed by atoms with Crippen molar-refractivity contribution < 1.29 is 14.7 Å². The van der Waals surface area contributed by atoms with Gasteiger partial charge in [0.25, 0.3) is 0 Å². The Morgan fingerprint density at radius 3 is 2.62 bits per heavy atom. The van der Waals surface area contributed by atoms with Crippen molar-refractivity contribution in [3.05, 3.63) is 42.5 Å². The molecule has 2 N–H and O–H groups in total. The molecule has 0 aliphatic heterocycles. The van der Waals surface area contributed by atoms with Crippen LogP contribution in [0.1, 0.15) is 10.5 Å². The summed E-state index contributed by atoms with van der Waals surface area (Å²) in [4.78, 5) is 36.0. The summed E-state index contributed by atoms with van der Waals surface area (Å²) in [5, 5.41) is 11.4. The smallest absolute Gasteiger partial charge is 0.354 e. The summed E-state index contributed by atoms with van der Waals surface area (Å²) in [7, 11) is 1.68. The highest BCUT2D eigenvalue weighted by atomic mass is 16.4. The zero-order valence-electron chi connectivity index (χ0n) is 11.2. The number of aromatic nitrogens is 3. The Bertz CT molecular complexity index is 647. The summed E-state index contributed by atoms with van der Waals surface area (Å²) < 4.78 is 0. The van der Waals surface area contributed by atoms with Crippen LogP contribution in [0.15, 0.2) is 36.8 Å². The fraction of sp³-hybridized carbons (Fsp3) is 0.154. The van der Waals surface area contributed by atoms with E-state index in [4.69, 9.17) is 5.11 Å². The van der Waals surface area contributed by atoms with E-state index in [1.165, 1.54) is 18.3 Å². The predicted octanol–water partition coefficient (Wildman–Crippen LogP) is 0.645. The Morgan fingerprint density at radius 1 is 1.24 bits per heavy atom. The van der Waals surface area contributed by atoms with Gasteiger partial charge in [0.05, 0.1) is 6.54 Å². The third-order valence-electron chi connectivity index (χ3n) is 2.54. The number of amides is 1. The molecule has 0 saturated heterocycles. The van der Waals surface area contributed by atoms with E-state index in [1.807, 2.05) is 0 Å². The van der Waals surface area contributed by atoms with Crippen LogP contribution in [0.5, 0.6) is 0 Å². The van der Waals surface area contributed by atoms with Gasteiger partial charge in [0, 0.05) is 31.3 Å². The Labute approximate surface area is 120 Å². The molecule has 0 atom stereocenters. The first-order valence-corrected chi connectivity index (χ1v) is 6.03. The van der Waals surface area contributed by atoms with Gasteiger partial charge in [-0.05, 0) is 18.2 Å². The monoisotopic (exact) mass is 287 g/mol. The summed E-state index contributed by atoms with van der Waals surface area (Å²) in [5.74, 6) is -1.04. The highest BCUT2D eigenvalue weighted by Gasteiger charge is 2.11. The first-order chi connectivity index (χ1) is 10.1. The van der Waals surface area contributed by atoms with Crippen molar-refractivity contribution in [2.75, 3.05) is 23.8 Å². The Balaban J connectivity index is 1.99. The van der Waals surface area contributed by atoms with E-state index in [0.29, 0.717) is 11.6 Å². The summed E-state index contributed by atoms with van der Waals surface area (Å²) >= 11 is 0. The van der Waals surface area contributed by atoms with E-state index in [0.717, 1.165) is 0 Å². The number of carbonyl (C=O) groups is 2. The Kier molecular flexibility index (Phi) is 4.39. The quantitative estimate of drug-likeness (QED) is 0.830. The second kappa shape index (κ2) is 6.42. The molecule has 8 heteroatoms. The number of anilines is 2. The average Bonchev–Trinajstić information content (AvgIpc) is 2.48. The van der Waals surface area contributed by atoms with Gasteiger partial charge in [0.15, 0.2) is 0 Å². The van der Waals surface area contributed by atoms with E-state index in [-0.39, 0.29) is 18.1 Å². The van der Waals surface area contributed by atoms with Crippen LogP contribution in [-0.2, 0) is 4.79 Å². The summed E-state index contributed by atoms with van der Waals surface area (Å²) in [6.07, 6.45) is 4.49. The van der Waals surface area contributed by atoms with E-state index in [2.05, 4.69) is 20.3 Å². The molecule has 108 valence electrons. The van der Waals surface area contributed by atoms with Gasteiger partial charge in [-0.15, -0.1) is 0 Å². The van der Waals surface area contributed by atoms with E-state index in [9.17, 15) is 9.59 Å². The third kappa shape index (κ3) is 3.96. The van der Waals surface area contributed by atoms with Crippen LogP contribution < -0.4 is 10.2 Å². The molecule has 0 fully saturated rings. The predicted molar refractivity (Wildman–Crippen MR) is 75.1 cm³/mol. The highest BCUT2D eigenvalue weighted by Crippen LogP contribution is 2.08. The Morgan fingerprint density at radius 2 is 1.95 bits per heavy atom. The summed E-state index contributed by atoms with van der Waals surface area (Å²) in [6.45, 7) is 0.0364. The van der Waals surface area contributed by atoms with E-state index in [1.54, 1.807) is 30.4 Å². The maximum absolute atomic E-state index is 11.9. The molecule has 0 aliphatic carbocycles. The zero-order chi connectivity index (χ0) is 15.2. The third-order valence-corrected chi connectivity index (χ3v) is 2.54. The normalized spacial score (nSPS) is 9.95. The van der Waals surface area contributed by atoms with Gasteiger partial charge in [0.1, 0.15) is 5.69 Å². The van der Waals surface area contributed by atoms with Gasteiger partial charge in [0.2, 0.25) is 11.9 Å². The van der Waals surface area contributed by atoms with Crippen molar-refractivity contribution in [2.24, 2.45) is 0 Å². The number of carboxylic acids is 1. The molecule has 0 saturated carbocycles. The van der Waals surface area contributed by atoms with Crippen LogP contribution in [0, 0.1) is 0 Å². The number of carboxylic acid groups (broad SMARTS) is 1. The number of nitrogens with zero attached hydrogens (tertiary/aromatic N) is 4. The number of aromatic carboxylic acids is 1. The maximum Gasteiger partial charge on any atom is 0.354 e. The van der Waals surface area contributed by atoms with Gasteiger partial charge in [-0.2, -0.15) is 0 Å². The van der Waals surface area contributed by atoms with Crippen molar-refractivity contribution >= 4 is 23.5 Å². The Hall–Kier alpha value is -3.03. The number of hydrogen-bond donors (Lipinski definition) is 2. The van der Waals surface area contributed by atoms with Crippen molar-refractivity contribution in [3.63, 3.8) is 0 Å². The fourth-order valence-electron chi connectivity index (χ4n) is 1.60. The number of pyridine rings is 1. The molecular weight excluding hydrogens is 274 g/mol. The number of hydrogen-bond acceptors (Lipinski definition) is 6. The molecule has 0 aromatic carbocycles. The largest absolute Gasteiger partial charge is 0.477 e. The van der Waals surface area contributed by atoms with Crippen LogP contribution in [0.3, 0.4) is 0 Å². The lowest BCUT2D eigenvalue weighted by molar-refractivity contribution is -0.114. The lowest BCUT2D eigenvalue weighted by Crippen LogP contribution is -2.31. The van der Waals surface area contributed by atoms with Gasteiger partial charge in [-0.3, -0.25) is 4.79 Å². The number of likely N-dealkylation sites (N-methyl/N-ethyl adjacent to an activating group) is 1. The minimum Gasteiger partial charge on any atom is -0.477 e. The minimum atomic E-state index is -1.15. The standard InChI is InChI=1S/C13H13N5O3/c1-18(13-15-4-2-5-16-13)8-11(19)17-9-3-6-14-10(7-9)12(20)21/h2-7H,8H2,1H3,(H,20,21)(H,14,17,19). The van der Waals surface area contributed by atoms with Gasteiger partial charge >= 0.3 is 5.97 Å². The lowest BCUT2D eigenvalue weighted by atomic mass is 10.3. The minimum absolute atomic E-state index is 0.0364. The van der Waals surface area contributed by atoms with E-state index >= 15 is 0 Å². The van der Waals surface area contributed by atoms with Gasteiger partial charge < -0.3 is 15.3 Å². The molecule has 0 spiro atoms. The van der Waals surface area contributed by atoms with Crippen molar-refractivity contribution in [1.82, 2.24) is 15.0 Å². The topological polar surface area (TPSA) is 108 Å². The van der Waals surface area contributed by atoms with Crippen LogP contribution >= 0.6 is 0 Å². The van der Waals surface area contributed by atoms with Crippen LogP contribution in [0.4, 0.5) is 11.6 Å². The van der Waals surface area contributed by atoms with Gasteiger partial charge in [-0.25, -0.2) is 19.7 Å². The number of nitrogens with one attached hydrogen (secondary N) is 1. The molecular formula is C13H13N5O3. The molecule has 1 amide bonds.